The predicted molar refractivity (Wildman–Crippen MR) is 73.8 cm³/mol. The lowest BCUT2D eigenvalue weighted by Crippen LogP contribution is -2.40. The Morgan fingerprint density at radius 2 is 1.95 bits per heavy atom. The topological polar surface area (TPSA) is 110 Å². The Hall–Kier alpha value is -2.44. The van der Waals surface area contributed by atoms with Crippen LogP contribution in [0.4, 0.5) is 5.69 Å². The van der Waals surface area contributed by atoms with Crippen molar-refractivity contribution in [3.8, 4) is 0 Å². The van der Waals surface area contributed by atoms with Crippen molar-refractivity contribution in [2.24, 2.45) is 5.92 Å². The largest absolute Gasteiger partial charge is 0.481 e. The van der Waals surface area contributed by atoms with Crippen LogP contribution in [-0.2, 0) is 15.0 Å². The molecule has 2 atom stereocenters. The van der Waals surface area contributed by atoms with Crippen LogP contribution in [0.15, 0.2) is 24.3 Å². The highest BCUT2D eigenvalue weighted by atomic mass is 16.6. The number of nitrogens with zero attached hydrogens (tertiary/aromatic N) is 1. The van der Waals surface area contributed by atoms with Crippen molar-refractivity contribution in [2.45, 2.75) is 31.7 Å². The van der Waals surface area contributed by atoms with Crippen LogP contribution in [0.5, 0.6) is 0 Å². The zero-order valence-electron chi connectivity index (χ0n) is 11.7. The second-order valence-corrected chi connectivity index (χ2v) is 5.50. The lowest BCUT2D eigenvalue weighted by molar-refractivity contribution is -0.384. The van der Waals surface area contributed by atoms with Gasteiger partial charge in [-0.05, 0) is 25.8 Å². The molecule has 0 spiro atoms. The quantitative estimate of drug-likeness (QED) is 0.630. The highest BCUT2D eigenvalue weighted by Crippen LogP contribution is 2.54. The Labute approximate surface area is 121 Å². The molecule has 7 nitrogen and oxygen atoms in total. The summed E-state index contributed by atoms with van der Waals surface area (Å²) < 4.78 is 0. The van der Waals surface area contributed by atoms with E-state index in [2.05, 4.69) is 5.32 Å². The molecule has 0 bridgehead atoms. The smallest absolute Gasteiger partial charge is 0.307 e. The molecular formula is C14H16N2O5. The maximum absolute atomic E-state index is 12.4. The molecule has 1 aliphatic carbocycles. The first-order valence-corrected chi connectivity index (χ1v) is 6.57. The number of nitro groups is 1. The predicted octanol–water partition coefficient (Wildman–Crippen LogP) is 1.46. The number of carboxylic acid groups (broad SMARTS) is 1. The van der Waals surface area contributed by atoms with Gasteiger partial charge in [-0.1, -0.05) is 12.1 Å². The van der Waals surface area contributed by atoms with E-state index in [0.717, 1.165) is 0 Å². The number of nitro benzene ring substituents is 1. The van der Waals surface area contributed by atoms with E-state index in [4.69, 9.17) is 0 Å². The molecule has 1 fully saturated rings. The average molecular weight is 292 g/mol. The highest BCUT2D eigenvalue weighted by Gasteiger charge is 2.65. The van der Waals surface area contributed by atoms with Gasteiger partial charge in [0.05, 0.1) is 16.3 Å². The van der Waals surface area contributed by atoms with Crippen LogP contribution in [0.1, 0.15) is 25.8 Å². The minimum Gasteiger partial charge on any atom is -0.481 e. The van der Waals surface area contributed by atoms with Crippen LogP contribution in [0.3, 0.4) is 0 Å². The number of nitrogens with one attached hydrogen (secondary N) is 1. The van der Waals surface area contributed by atoms with E-state index in [1.54, 1.807) is 13.8 Å². The summed E-state index contributed by atoms with van der Waals surface area (Å²) in [6.07, 6.45) is 0.207. The Kier molecular flexibility index (Phi) is 3.67. The van der Waals surface area contributed by atoms with Gasteiger partial charge >= 0.3 is 5.97 Å². The third kappa shape index (κ3) is 2.58. The molecule has 0 radical (unpaired) electrons. The Morgan fingerprint density at radius 3 is 2.33 bits per heavy atom. The molecule has 7 heteroatoms. The van der Waals surface area contributed by atoms with Crippen LogP contribution in [0.2, 0.25) is 0 Å². The van der Waals surface area contributed by atoms with Crippen molar-refractivity contribution in [2.75, 3.05) is 0 Å². The van der Waals surface area contributed by atoms with E-state index >= 15 is 0 Å². The van der Waals surface area contributed by atoms with Crippen molar-refractivity contribution in [1.82, 2.24) is 5.32 Å². The van der Waals surface area contributed by atoms with E-state index in [-0.39, 0.29) is 24.1 Å². The normalized spacial score (nSPS) is 23.7. The second-order valence-electron chi connectivity index (χ2n) is 5.50. The van der Waals surface area contributed by atoms with Gasteiger partial charge in [0, 0.05) is 18.2 Å². The molecule has 0 saturated heterocycles. The summed E-state index contributed by atoms with van der Waals surface area (Å²) in [6, 6.07) is 5.39. The standard InChI is InChI=1S/C14H16N2O5/c1-8(2)15-13(19)14(7-11(14)12(17)18)9-3-5-10(6-4-9)16(20)21/h3-6,8,11H,7H2,1-2H3,(H,15,19)(H,17,18). The van der Waals surface area contributed by atoms with Crippen LogP contribution < -0.4 is 5.32 Å². The molecule has 112 valence electrons. The summed E-state index contributed by atoms with van der Waals surface area (Å²) in [5.41, 5.74) is -0.713. The molecule has 1 amide bonds. The molecule has 1 aromatic rings. The number of hydrogen-bond acceptors (Lipinski definition) is 4. The van der Waals surface area contributed by atoms with Crippen LogP contribution in [0.25, 0.3) is 0 Å². The van der Waals surface area contributed by atoms with Crippen LogP contribution >= 0.6 is 0 Å². The molecule has 2 unspecified atom stereocenters. The number of rotatable bonds is 5. The minimum absolute atomic E-state index is 0.0920. The monoisotopic (exact) mass is 292 g/mol. The summed E-state index contributed by atoms with van der Waals surface area (Å²) >= 11 is 0. The van der Waals surface area contributed by atoms with Crippen molar-refractivity contribution >= 4 is 17.6 Å². The third-order valence-corrected chi connectivity index (χ3v) is 3.68. The van der Waals surface area contributed by atoms with Gasteiger partial charge in [0.2, 0.25) is 5.91 Å². The van der Waals surface area contributed by atoms with E-state index in [1.807, 2.05) is 0 Å². The molecule has 0 aliphatic heterocycles. The highest BCUT2D eigenvalue weighted by molar-refractivity contribution is 5.99. The van der Waals surface area contributed by atoms with Crippen molar-refractivity contribution in [3.05, 3.63) is 39.9 Å². The summed E-state index contributed by atoms with van der Waals surface area (Å²) in [5, 5.41) is 22.6. The fraction of sp³-hybridized carbons (Fsp3) is 0.429. The Bertz CT molecular complexity index is 596. The molecule has 2 N–H and O–H groups in total. The Balaban J connectivity index is 2.36. The first-order valence-electron chi connectivity index (χ1n) is 6.57. The first-order chi connectivity index (χ1) is 9.79. The Morgan fingerprint density at radius 1 is 1.38 bits per heavy atom. The van der Waals surface area contributed by atoms with E-state index < -0.39 is 22.2 Å². The zero-order valence-corrected chi connectivity index (χ0v) is 11.7. The van der Waals surface area contributed by atoms with E-state index in [9.17, 15) is 24.8 Å². The first kappa shape index (κ1) is 15.0. The van der Waals surface area contributed by atoms with Gasteiger partial charge in [-0.15, -0.1) is 0 Å². The number of carbonyl (C=O) groups excluding carboxylic acids is 1. The maximum atomic E-state index is 12.4. The van der Waals surface area contributed by atoms with E-state index in [0.29, 0.717) is 5.56 Å². The molecule has 1 aromatic carbocycles. The molecular weight excluding hydrogens is 276 g/mol. The minimum atomic E-state index is -1.12. The van der Waals surface area contributed by atoms with Gasteiger partial charge in [0.25, 0.3) is 5.69 Å². The van der Waals surface area contributed by atoms with E-state index in [1.165, 1.54) is 24.3 Å². The number of carboxylic acids is 1. The van der Waals surface area contributed by atoms with Gasteiger partial charge in [-0.25, -0.2) is 0 Å². The molecule has 1 aliphatic rings. The summed E-state index contributed by atoms with van der Waals surface area (Å²) in [6.45, 7) is 3.58. The summed E-state index contributed by atoms with van der Waals surface area (Å²) in [4.78, 5) is 33.7. The number of non-ortho nitro benzene ring substituents is 1. The molecule has 0 heterocycles. The SMILES string of the molecule is CC(C)NC(=O)C1(c2ccc([N+](=O)[O-])cc2)CC1C(=O)O. The van der Waals surface area contributed by atoms with Crippen molar-refractivity contribution in [3.63, 3.8) is 0 Å². The second kappa shape index (κ2) is 5.16. The molecule has 21 heavy (non-hydrogen) atoms. The lowest BCUT2D eigenvalue weighted by Gasteiger charge is -2.18. The molecule has 0 aromatic heterocycles. The third-order valence-electron chi connectivity index (χ3n) is 3.68. The van der Waals surface area contributed by atoms with Gasteiger partial charge in [0.1, 0.15) is 0 Å². The number of benzene rings is 1. The summed E-state index contributed by atoms with van der Waals surface area (Å²) in [5.74, 6) is -2.18. The number of aliphatic carboxylic acids is 1. The summed E-state index contributed by atoms with van der Waals surface area (Å²) in [7, 11) is 0. The molecule has 1 saturated carbocycles. The number of carbonyl (C=O) groups is 2. The molecule has 2 rings (SSSR count). The van der Waals surface area contributed by atoms with Gasteiger partial charge in [-0.2, -0.15) is 0 Å². The van der Waals surface area contributed by atoms with Gasteiger partial charge in [-0.3, -0.25) is 19.7 Å². The number of hydrogen-bond donors (Lipinski definition) is 2. The van der Waals surface area contributed by atoms with Gasteiger partial charge in [0.15, 0.2) is 0 Å². The fourth-order valence-electron chi connectivity index (χ4n) is 2.53. The van der Waals surface area contributed by atoms with Crippen LogP contribution in [-0.4, -0.2) is 27.9 Å². The van der Waals surface area contributed by atoms with Crippen molar-refractivity contribution < 1.29 is 19.6 Å². The average Bonchev–Trinajstić information content (AvgIpc) is 3.15. The fourth-order valence-corrected chi connectivity index (χ4v) is 2.53. The van der Waals surface area contributed by atoms with Crippen molar-refractivity contribution in [1.29, 1.82) is 0 Å². The zero-order chi connectivity index (χ0) is 15.8. The maximum Gasteiger partial charge on any atom is 0.307 e. The lowest BCUT2D eigenvalue weighted by atomic mass is 9.91. The van der Waals surface area contributed by atoms with Gasteiger partial charge < -0.3 is 10.4 Å². The van der Waals surface area contributed by atoms with Crippen LogP contribution in [0, 0.1) is 16.0 Å². The number of amides is 1.